The summed E-state index contributed by atoms with van der Waals surface area (Å²) in [5.41, 5.74) is 3.84. The van der Waals surface area contributed by atoms with Gasteiger partial charge in [-0.3, -0.25) is 9.78 Å². The van der Waals surface area contributed by atoms with E-state index in [0.29, 0.717) is 22.8 Å². The number of nitrogens with zero attached hydrogens (tertiary/aromatic N) is 1. The van der Waals surface area contributed by atoms with Crippen LogP contribution in [-0.2, 0) is 6.54 Å². The number of nitrogens with one attached hydrogen (secondary N) is 2. The van der Waals surface area contributed by atoms with Crippen molar-refractivity contribution in [2.75, 3.05) is 17.7 Å². The van der Waals surface area contributed by atoms with Crippen molar-refractivity contribution in [3.63, 3.8) is 0 Å². The van der Waals surface area contributed by atoms with Crippen molar-refractivity contribution in [2.24, 2.45) is 0 Å². The largest absolute Gasteiger partial charge is 0.497 e. The number of ether oxygens (including phenoxy) is 1. The van der Waals surface area contributed by atoms with E-state index < -0.39 is 0 Å². The molecule has 1 heterocycles. The molecule has 0 aliphatic carbocycles. The van der Waals surface area contributed by atoms with Crippen LogP contribution in [0.2, 0.25) is 5.02 Å². The molecule has 0 fully saturated rings. The van der Waals surface area contributed by atoms with Crippen molar-refractivity contribution < 1.29 is 9.53 Å². The summed E-state index contributed by atoms with van der Waals surface area (Å²) < 4.78 is 5.16. The molecule has 1 aromatic heterocycles. The van der Waals surface area contributed by atoms with E-state index in [2.05, 4.69) is 15.6 Å². The number of carbonyl (C=O) groups is 1. The number of hydrogen-bond donors (Lipinski definition) is 2. The van der Waals surface area contributed by atoms with Gasteiger partial charge < -0.3 is 15.4 Å². The predicted octanol–water partition coefficient (Wildman–Crippen LogP) is 4.92. The molecule has 2 aromatic carbocycles. The lowest BCUT2D eigenvalue weighted by molar-refractivity contribution is 0.102. The molecule has 6 heteroatoms. The fraction of sp³-hybridized carbons (Fsp3) is 0.143. The minimum Gasteiger partial charge on any atom is -0.497 e. The average Bonchev–Trinajstić information content (AvgIpc) is 2.70. The zero-order valence-corrected chi connectivity index (χ0v) is 15.9. The Labute approximate surface area is 163 Å². The van der Waals surface area contributed by atoms with Crippen molar-refractivity contribution in [3.05, 3.63) is 82.6 Å². The molecular weight excluding hydrogens is 362 g/mol. The molecule has 0 spiro atoms. The number of halogens is 1. The molecular formula is C21H20ClN3O2. The van der Waals surface area contributed by atoms with Gasteiger partial charge in [-0.25, -0.2) is 0 Å². The quantitative estimate of drug-likeness (QED) is 0.636. The number of anilines is 2. The lowest BCUT2D eigenvalue weighted by atomic mass is 10.1. The summed E-state index contributed by atoms with van der Waals surface area (Å²) in [5.74, 6) is 0.580. The predicted molar refractivity (Wildman–Crippen MR) is 109 cm³/mol. The maximum absolute atomic E-state index is 12.5. The van der Waals surface area contributed by atoms with Crippen molar-refractivity contribution in [3.8, 4) is 5.75 Å². The molecule has 0 radical (unpaired) electrons. The Hall–Kier alpha value is -3.05. The Kier molecular flexibility index (Phi) is 5.94. The molecule has 138 valence electrons. The van der Waals surface area contributed by atoms with Crippen LogP contribution in [0.25, 0.3) is 0 Å². The summed E-state index contributed by atoms with van der Waals surface area (Å²) in [6.07, 6.45) is 3.22. The molecule has 0 unspecified atom stereocenters. The van der Waals surface area contributed by atoms with E-state index in [4.69, 9.17) is 16.3 Å². The van der Waals surface area contributed by atoms with Crippen molar-refractivity contribution in [2.45, 2.75) is 13.5 Å². The lowest BCUT2D eigenvalue weighted by Crippen LogP contribution is -2.13. The van der Waals surface area contributed by atoms with Gasteiger partial charge >= 0.3 is 0 Å². The second-order valence-corrected chi connectivity index (χ2v) is 6.44. The maximum Gasteiger partial charge on any atom is 0.257 e. The first-order chi connectivity index (χ1) is 13.1. The molecule has 0 aliphatic rings. The van der Waals surface area contributed by atoms with E-state index in [1.165, 1.54) is 6.20 Å². The fourth-order valence-electron chi connectivity index (χ4n) is 2.55. The van der Waals surface area contributed by atoms with Crippen LogP contribution >= 0.6 is 11.6 Å². The summed E-state index contributed by atoms with van der Waals surface area (Å²) >= 11 is 6.11. The fourth-order valence-corrected chi connectivity index (χ4v) is 2.72. The molecule has 0 atom stereocenters. The molecule has 0 saturated carbocycles. The Morgan fingerprint density at radius 1 is 1.15 bits per heavy atom. The maximum atomic E-state index is 12.5. The van der Waals surface area contributed by atoms with Crippen molar-refractivity contribution >= 4 is 28.9 Å². The summed E-state index contributed by atoms with van der Waals surface area (Å²) in [6, 6.07) is 15.0. The van der Waals surface area contributed by atoms with E-state index in [1.54, 1.807) is 31.5 Å². The Balaban J connectivity index is 1.67. The number of pyridine rings is 1. The lowest BCUT2D eigenvalue weighted by Gasteiger charge is -2.11. The number of benzene rings is 2. The van der Waals surface area contributed by atoms with Gasteiger partial charge in [0.2, 0.25) is 0 Å². The highest BCUT2D eigenvalue weighted by atomic mass is 35.5. The van der Waals surface area contributed by atoms with Gasteiger partial charge in [0.15, 0.2) is 0 Å². The van der Waals surface area contributed by atoms with Gasteiger partial charge in [-0.15, -0.1) is 0 Å². The van der Waals surface area contributed by atoms with Crippen LogP contribution in [-0.4, -0.2) is 18.0 Å². The molecule has 0 aliphatic heterocycles. The summed E-state index contributed by atoms with van der Waals surface area (Å²) in [4.78, 5) is 16.7. The van der Waals surface area contributed by atoms with Crippen LogP contribution < -0.4 is 15.4 Å². The molecule has 3 rings (SSSR count). The summed E-state index contributed by atoms with van der Waals surface area (Å²) in [5, 5.41) is 6.76. The average molecular weight is 382 g/mol. The summed E-state index contributed by atoms with van der Waals surface area (Å²) in [7, 11) is 1.64. The number of methoxy groups -OCH3 is 1. The van der Waals surface area contributed by atoms with E-state index in [1.807, 2.05) is 37.3 Å². The number of amides is 1. The Bertz CT molecular complexity index is 942. The third kappa shape index (κ3) is 4.77. The van der Waals surface area contributed by atoms with Crippen molar-refractivity contribution in [1.82, 2.24) is 4.98 Å². The van der Waals surface area contributed by atoms with E-state index >= 15 is 0 Å². The van der Waals surface area contributed by atoms with Gasteiger partial charge in [0.05, 0.1) is 18.4 Å². The molecule has 3 aromatic rings. The van der Waals surface area contributed by atoms with Crippen LogP contribution in [0.15, 0.2) is 60.9 Å². The molecule has 5 nitrogen and oxygen atoms in total. The molecule has 2 N–H and O–H groups in total. The zero-order valence-electron chi connectivity index (χ0n) is 15.1. The summed E-state index contributed by atoms with van der Waals surface area (Å²) in [6.45, 7) is 2.48. The second kappa shape index (κ2) is 8.56. The van der Waals surface area contributed by atoms with Gasteiger partial charge in [-0.05, 0) is 48.4 Å². The Morgan fingerprint density at radius 3 is 2.67 bits per heavy atom. The smallest absolute Gasteiger partial charge is 0.257 e. The van der Waals surface area contributed by atoms with Gasteiger partial charge in [-0.2, -0.15) is 0 Å². The van der Waals surface area contributed by atoms with Crippen LogP contribution in [0.3, 0.4) is 0 Å². The first kappa shape index (κ1) is 18.7. The first-order valence-electron chi connectivity index (χ1n) is 8.45. The van der Waals surface area contributed by atoms with Gasteiger partial charge in [0, 0.05) is 29.6 Å². The minimum absolute atomic E-state index is 0.235. The van der Waals surface area contributed by atoms with Crippen LogP contribution in [0.4, 0.5) is 11.4 Å². The normalized spacial score (nSPS) is 10.3. The number of rotatable bonds is 6. The van der Waals surface area contributed by atoms with Gasteiger partial charge in [-0.1, -0.05) is 29.8 Å². The third-order valence-electron chi connectivity index (χ3n) is 4.17. The van der Waals surface area contributed by atoms with Crippen LogP contribution in [0, 0.1) is 6.92 Å². The molecule has 0 bridgehead atoms. The molecule has 1 amide bonds. The zero-order chi connectivity index (χ0) is 19.2. The van der Waals surface area contributed by atoms with Crippen LogP contribution in [0.5, 0.6) is 5.75 Å². The van der Waals surface area contributed by atoms with Crippen LogP contribution in [0.1, 0.15) is 21.5 Å². The number of carbonyl (C=O) groups excluding carboxylic acids is 1. The van der Waals surface area contributed by atoms with Gasteiger partial charge in [0.1, 0.15) is 5.75 Å². The molecule has 27 heavy (non-hydrogen) atoms. The Morgan fingerprint density at radius 2 is 1.93 bits per heavy atom. The SMILES string of the molecule is COc1ccc(CNc2cncc(C(=O)Nc3cccc(Cl)c3C)c2)cc1. The highest BCUT2D eigenvalue weighted by Crippen LogP contribution is 2.23. The van der Waals surface area contributed by atoms with E-state index in [0.717, 1.165) is 22.6 Å². The number of aromatic nitrogens is 1. The highest BCUT2D eigenvalue weighted by molar-refractivity contribution is 6.31. The standard InChI is InChI=1S/C21H20ClN3O2/c1-14-19(22)4-3-5-20(14)25-21(26)16-10-17(13-23-12-16)24-11-15-6-8-18(27-2)9-7-15/h3-10,12-13,24H,11H2,1-2H3,(H,25,26). The monoisotopic (exact) mass is 381 g/mol. The van der Waals surface area contributed by atoms with Gasteiger partial charge in [0.25, 0.3) is 5.91 Å². The third-order valence-corrected chi connectivity index (χ3v) is 4.58. The minimum atomic E-state index is -0.235. The topological polar surface area (TPSA) is 63.2 Å². The second-order valence-electron chi connectivity index (χ2n) is 6.03. The first-order valence-corrected chi connectivity index (χ1v) is 8.83. The van der Waals surface area contributed by atoms with E-state index in [-0.39, 0.29) is 5.91 Å². The molecule has 0 saturated heterocycles. The van der Waals surface area contributed by atoms with E-state index in [9.17, 15) is 4.79 Å². The van der Waals surface area contributed by atoms with Crippen molar-refractivity contribution in [1.29, 1.82) is 0 Å². The number of hydrogen-bond acceptors (Lipinski definition) is 4. The highest BCUT2D eigenvalue weighted by Gasteiger charge is 2.10.